The van der Waals surface area contributed by atoms with Gasteiger partial charge in [-0.2, -0.15) is 0 Å². The second kappa shape index (κ2) is 9.19. The topological polar surface area (TPSA) is 91.8 Å². The van der Waals surface area contributed by atoms with Crippen molar-refractivity contribution in [3.05, 3.63) is 71.9 Å². The van der Waals surface area contributed by atoms with Crippen molar-refractivity contribution in [1.29, 1.82) is 0 Å². The summed E-state index contributed by atoms with van der Waals surface area (Å²) in [6, 6.07) is 16.8. The highest BCUT2D eigenvalue weighted by Crippen LogP contribution is 2.38. The molecule has 7 heteroatoms. The van der Waals surface area contributed by atoms with Crippen molar-refractivity contribution in [2.75, 3.05) is 6.54 Å². The van der Waals surface area contributed by atoms with Gasteiger partial charge in [0.15, 0.2) is 0 Å². The van der Waals surface area contributed by atoms with Gasteiger partial charge in [-0.15, -0.1) is 0 Å². The number of hydrogen-bond acceptors (Lipinski definition) is 5. The molecule has 2 amide bonds. The molecule has 2 atom stereocenters. The highest BCUT2D eigenvalue weighted by Gasteiger charge is 2.48. The first-order chi connectivity index (χ1) is 15.8. The summed E-state index contributed by atoms with van der Waals surface area (Å²) in [7, 11) is 0. The lowest BCUT2D eigenvalue weighted by Crippen LogP contribution is -2.51. The van der Waals surface area contributed by atoms with Crippen LogP contribution in [-0.2, 0) is 21.6 Å². The van der Waals surface area contributed by atoms with Gasteiger partial charge in [0.05, 0.1) is 10.9 Å². The summed E-state index contributed by atoms with van der Waals surface area (Å²) in [5.41, 5.74) is 3.84. The summed E-state index contributed by atoms with van der Waals surface area (Å²) in [4.78, 5) is 31.5. The number of benzene rings is 2. The fourth-order valence-electron chi connectivity index (χ4n) is 4.63. The smallest absolute Gasteiger partial charge is 0.266 e. The standard InChI is InChI=1S/C26H29N3O4/c1-17(2)23(24(30)28-32)29-15-13-26(3,25(29)31)19-8-10-20(11-9-19)33-16-18-12-14-27-22-7-5-4-6-21(18)22/h4-12,14,17,23,32H,13,15-16H2,1-3H3,(H,28,30). The Balaban J connectivity index is 1.48. The van der Waals surface area contributed by atoms with E-state index in [1.165, 1.54) is 0 Å². The zero-order valence-electron chi connectivity index (χ0n) is 19.1. The molecule has 33 heavy (non-hydrogen) atoms. The number of aromatic nitrogens is 1. The molecule has 2 heterocycles. The Hall–Kier alpha value is -3.45. The van der Waals surface area contributed by atoms with Gasteiger partial charge in [0.1, 0.15) is 18.4 Å². The number of hydrogen-bond donors (Lipinski definition) is 2. The number of pyridine rings is 1. The Morgan fingerprint density at radius 3 is 2.61 bits per heavy atom. The van der Waals surface area contributed by atoms with Crippen LogP contribution < -0.4 is 10.2 Å². The van der Waals surface area contributed by atoms with Gasteiger partial charge in [0, 0.05) is 23.7 Å². The molecule has 0 spiro atoms. The van der Waals surface area contributed by atoms with E-state index in [2.05, 4.69) is 4.98 Å². The first-order valence-corrected chi connectivity index (χ1v) is 11.2. The van der Waals surface area contributed by atoms with Gasteiger partial charge in [-0.25, -0.2) is 5.48 Å². The molecule has 1 aromatic heterocycles. The van der Waals surface area contributed by atoms with Crippen LogP contribution in [0.3, 0.4) is 0 Å². The summed E-state index contributed by atoms with van der Waals surface area (Å²) in [6.07, 6.45) is 2.38. The van der Waals surface area contributed by atoms with Crippen LogP contribution in [0.25, 0.3) is 10.9 Å². The molecule has 172 valence electrons. The Morgan fingerprint density at radius 1 is 1.18 bits per heavy atom. The first kappa shape index (κ1) is 22.7. The zero-order chi connectivity index (χ0) is 23.6. The van der Waals surface area contributed by atoms with Gasteiger partial charge in [0.25, 0.3) is 5.91 Å². The monoisotopic (exact) mass is 447 g/mol. The molecule has 0 bridgehead atoms. The molecule has 0 saturated carbocycles. The van der Waals surface area contributed by atoms with E-state index in [1.807, 2.05) is 75.4 Å². The molecular weight excluding hydrogens is 418 g/mol. The summed E-state index contributed by atoms with van der Waals surface area (Å²) in [6.45, 7) is 6.50. The van der Waals surface area contributed by atoms with Crippen molar-refractivity contribution in [3.8, 4) is 5.75 Å². The number of carbonyl (C=O) groups excluding carboxylic acids is 2. The summed E-state index contributed by atoms with van der Waals surface area (Å²) in [5, 5.41) is 10.2. The minimum Gasteiger partial charge on any atom is -0.489 e. The van der Waals surface area contributed by atoms with E-state index in [0.717, 1.165) is 22.0 Å². The molecule has 0 aliphatic carbocycles. The van der Waals surface area contributed by atoms with E-state index in [4.69, 9.17) is 9.94 Å². The number of carbonyl (C=O) groups is 2. The Bertz CT molecular complexity index is 1160. The van der Waals surface area contributed by atoms with Crippen LogP contribution in [0.15, 0.2) is 60.8 Å². The molecule has 7 nitrogen and oxygen atoms in total. The zero-order valence-corrected chi connectivity index (χ0v) is 19.1. The van der Waals surface area contributed by atoms with E-state index < -0.39 is 17.4 Å². The predicted octanol–water partition coefficient (Wildman–Crippen LogP) is 3.83. The third kappa shape index (κ3) is 4.28. The van der Waals surface area contributed by atoms with Crippen molar-refractivity contribution >= 4 is 22.7 Å². The SMILES string of the molecule is CC(C)C(C(=O)NO)N1CCC(C)(c2ccc(OCc3ccnc4ccccc34)cc2)C1=O. The first-order valence-electron chi connectivity index (χ1n) is 11.2. The maximum absolute atomic E-state index is 13.3. The van der Waals surface area contributed by atoms with Crippen LogP contribution >= 0.6 is 0 Å². The van der Waals surface area contributed by atoms with E-state index >= 15 is 0 Å². The average Bonchev–Trinajstić information content (AvgIpc) is 3.13. The van der Waals surface area contributed by atoms with Crippen LogP contribution in [0.4, 0.5) is 0 Å². The lowest BCUT2D eigenvalue weighted by Gasteiger charge is -2.31. The van der Waals surface area contributed by atoms with E-state index in [1.54, 1.807) is 16.6 Å². The van der Waals surface area contributed by atoms with Crippen LogP contribution in [0.5, 0.6) is 5.75 Å². The molecule has 2 unspecified atom stereocenters. The Kier molecular flexibility index (Phi) is 6.33. The van der Waals surface area contributed by atoms with Crippen molar-refractivity contribution in [2.45, 2.75) is 45.3 Å². The van der Waals surface area contributed by atoms with E-state index in [9.17, 15) is 9.59 Å². The van der Waals surface area contributed by atoms with E-state index in [0.29, 0.717) is 25.3 Å². The number of nitrogens with one attached hydrogen (secondary N) is 1. The summed E-state index contributed by atoms with van der Waals surface area (Å²) < 4.78 is 6.01. The third-order valence-electron chi connectivity index (χ3n) is 6.56. The number of hydroxylamine groups is 1. The molecule has 2 N–H and O–H groups in total. The number of ether oxygens (including phenoxy) is 1. The highest BCUT2D eigenvalue weighted by atomic mass is 16.5. The lowest BCUT2D eigenvalue weighted by molar-refractivity contribution is -0.145. The van der Waals surface area contributed by atoms with Crippen molar-refractivity contribution in [2.24, 2.45) is 5.92 Å². The minimum absolute atomic E-state index is 0.110. The molecule has 2 aromatic carbocycles. The molecule has 3 aromatic rings. The number of fused-ring (bicyclic) bond motifs is 1. The molecule has 1 saturated heterocycles. The fourth-order valence-corrected chi connectivity index (χ4v) is 4.63. The van der Waals surface area contributed by atoms with Crippen molar-refractivity contribution < 1.29 is 19.5 Å². The third-order valence-corrected chi connectivity index (χ3v) is 6.56. The van der Waals surface area contributed by atoms with Crippen molar-refractivity contribution in [1.82, 2.24) is 15.4 Å². The maximum Gasteiger partial charge on any atom is 0.266 e. The van der Waals surface area contributed by atoms with Crippen LogP contribution in [-0.4, -0.2) is 39.5 Å². The van der Waals surface area contributed by atoms with Gasteiger partial charge < -0.3 is 9.64 Å². The van der Waals surface area contributed by atoms with Gasteiger partial charge in [-0.05, 0) is 49.1 Å². The second-order valence-corrected chi connectivity index (χ2v) is 9.05. The quantitative estimate of drug-likeness (QED) is 0.424. The largest absolute Gasteiger partial charge is 0.489 e. The average molecular weight is 448 g/mol. The number of likely N-dealkylation sites (tertiary alicyclic amines) is 1. The highest BCUT2D eigenvalue weighted by molar-refractivity contribution is 5.94. The lowest BCUT2D eigenvalue weighted by atomic mass is 9.81. The number of rotatable bonds is 7. The number of amides is 2. The summed E-state index contributed by atoms with van der Waals surface area (Å²) in [5.74, 6) is -0.0783. The molecule has 1 aliphatic heterocycles. The second-order valence-electron chi connectivity index (χ2n) is 9.05. The number of nitrogens with zero attached hydrogens (tertiary/aromatic N) is 2. The van der Waals surface area contributed by atoms with Crippen LogP contribution in [0.1, 0.15) is 38.3 Å². The van der Waals surface area contributed by atoms with Gasteiger partial charge in [0.2, 0.25) is 5.91 Å². The summed E-state index contributed by atoms with van der Waals surface area (Å²) >= 11 is 0. The van der Waals surface area contributed by atoms with Crippen LogP contribution in [0, 0.1) is 5.92 Å². The minimum atomic E-state index is -0.733. The van der Waals surface area contributed by atoms with Gasteiger partial charge >= 0.3 is 0 Å². The Morgan fingerprint density at radius 2 is 1.91 bits per heavy atom. The molecule has 1 aliphatic rings. The maximum atomic E-state index is 13.3. The molecular formula is C26H29N3O4. The molecule has 4 rings (SSSR count). The Labute approximate surface area is 193 Å². The number of para-hydroxylation sites is 1. The van der Waals surface area contributed by atoms with E-state index in [-0.39, 0.29) is 11.8 Å². The molecule has 1 fully saturated rings. The van der Waals surface area contributed by atoms with Crippen molar-refractivity contribution in [3.63, 3.8) is 0 Å². The normalized spacial score (nSPS) is 19.2. The van der Waals surface area contributed by atoms with Gasteiger partial charge in [-0.1, -0.05) is 44.2 Å². The predicted molar refractivity (Wildman–Crippen MR) is 125 cm³/mol. The fraction of sp³-hybridized carbons (Fsp3) is 0.346. The molecule has 0 radical (unpaired) electrons. The van der Waals surface area contributed by atoms with Crippen LogP contribution in [0.2, 0.25) is 0 Å². The van der Waals surface area contributed by atoms with Gasteiger partial charge in [-0.3, -0.25) is 19.8 Å².